The van der Waals surface area contributed by atoms with Crippen molar-refractivity contribution < 1.29 is 57.2 Å². The third-order valence-corrected chi connectivity index (χ3v) is 7.10. The van der Waals surface area contributed by atoms with Crippen LogP contribution in [0.5, 0.6) is 11.5 Å². The molecule has 0 fully saturated rings. The Bertz CT molecular complexity index is 1710. The van der Waals surface area contributed by atoms with Crippen LogP contribution in [0.2, 0.25) is 10.0 Å². The van der Waals surface area contributed by atoms with E-state index in [0.29, 0.717) is 27.2 Å². The van der Waals surface area contributed by atoms with Gasteiger partial charge in [-0.15, -0.1) is 0 Å². The summed E-state index contributed by atoms with van der Waals surface area (Å²) < 4.78 is 38.5. The van der Waals surface area contributed by atoms with Crippen molar-refractivity contribution in [3.8, 4) is 11.5 Å². The maximum atomic E-state index is 13.4. The van der Waals surface area contributed by atoms with Crippen molar-refractivity contribution in [2.45, 2.75) is 18.2 Å². The van der Waals surface area contributed by atoms with Crippen LogP contribution in [0.15, 0.2) is 75.8 Å². The van der Waals surface area contributed by atoms with Gasteiger partial charge in [-0.3, -0.25) is 9.35 Å². The van der Waals surface area contributed by atoms with E-state index in [2.05, 4.69) is 15.5 Å². The molecule has 0 aliphatic heterocycles. The van der Waals surface area contributed by atoms with Crippen LogP contribution in [0.4, 0.5) is 17.1 Å². The second-order valence-electron chi connectivity index (χ2n) is 8.09. The van der Waals surface area contributed by atoms with Crippen LogP contribution in [0.25, 0.3) is 10.8 Å². The minimum atomic E-state index is -4.59. The van der Waals surface area contributed by atoms with Crippen LogP contribution in [-0.2, 0) is 16.5 Å². The van der Waals surface area contributed by atoms with Crippen molar-refractivity contribution in [3.63, 3.8) is 0 Å². The summed E-state index contributed by atoms with van der Waals surface area (Å²) >= 11 is 12.3. The van der Waals surface area contributed by atoms with Crippen LogP contribution in [-0.4, -0.2) is 26.0 Å². The van der Waals surface area contributed by atoms with Crippen LogP contribution in [0.3, 0.4) is 0 Å². The zero-order chi connectivity index (χ0) is 27.6. The van der Waals surface area contributed by atoms with E-state index in [1.165, 1.54) is 25.3 Å². The molecule has 0 aromatic heterocycles. The molecule has 1 amide bonds. The number of rotatable bonds is 7. The maximum Gasteiger partial charge on any atom is 1.00 e. The molecule has 4 aromatic carbocycles. The van der Waals surface area contributed by atoms with Gasteiger partial charge in [-0.05, 0) is 47.7 Å². The molecule has 0 aliphatic carbocycles. The Kier molecular flexibility index (Phi) is 10.0. The maximum absolute atomic E-state index is 13.4. The monoisotopic (exact) mass is 595 g/mol. The second kappa shape index (κ2) is 12.6. The Morgan fingerprint density at radius 2 is 1.79 bits per heavy atom. The molecule has 0 saturated heterocycles. The molecule has 39 heavy (non-hydrogen) atoms. The fourth-order valence-corrected chi connectivity index (χ4v) is 5.33. The predicted octanol–water partition coefficient (Wildman–Crippen LogP) is 3.71. The summed E-state index contributed by atoms with van der Waals surface area (Å²) in [5.41, 5.74) is 0.192. The van der Waals surface area contributed by atoms with E-state index in [1.807, 2.05) is 0 Å². The number of hydrogen-bond donors (Lipinski definition) is 2. The average Bonchev–Trinajstić information content (AvgIpc) is 2.86. The summed E-state index contributed by atoms with van der Waals surface area (Å²) in [4.78, 5) is 12.7. The quantitative estimate of drug-likeness (QED) is 0.189. The number of methoxy groups -OCH3 is 1. The van der Waals surface area contributed by atoms with Crippen LogP contribution in [0, 0.1) is 0 Å². The molecule has 4 aromatic rings. The second-order valence-corrected chi connectivity index (χ2v) is 10.3. The molecular formula is C26H20Cl2N3NaO6S. The summed E-state index contributed by atoms with van der Waals surface area (Å²) in [6.07, 6.45) is 0.246. The molecule has 2 N–H and O–H groups in total. The van der Waals surface area contributed by atoms with Gasteiger partial charge < -0.3 is 15.2 Å². The van der Waals surface area contributed by atoms with Crippen molar-refractivity contribution in [2.24, 2.45) is 10.2 Å². The van der Waals surface area contributed by atoms with E-state index >= 15 is 0 Å². The van der Waals surface area contributed by atoms with E-state index in [1.54, 1.807) is 43.3 Å². The summed E-state index contributed by atoms with van der Waals surface area (Å²) in [6.45, 7) is 1.68. The van der Waals surface area contributed by atoms with E-state index in [-0.39, 0.29) is 63.5 Å². The van der Waals surface area contributed by atoms with Gasteiger partial charge in [0.15, 0.2) is 0 Å². The third kappa shape index (κ3) is 6.90. The average molecular weight is 596 g/mol. The molecule has 4 rings (SSSR count). The van der Waals surface area contributed by atoms with Crippen LogP contribution < -0.4 is 44.7 Å². The van der Waals surface area contributed by atoms with E-state index in [9.17, 15) is 22.9 Å². The van der Waals surface area contributed by atoms with E-state index in [4.69, 9.17) is 27.9 Å². The molecule has 0 spiro atoms. The molecule has 0 saturated carbocycles. The first-order chi connectivity index (χ1) is 18.0. The number of nitrogens with one attached hydrogen (secondary N) is 1. The molecule has 0 aliphatic rings. The Morgan fingerprint density at radius 1 is 1.08 bits per heavy atom. The SMILES string of the molecule is CCc1c(Cl)cc(N=Nc2c([O-])c(C(=O)Nc3cc(Cl)cc(OC)c3)cc3ccccc23)cc1S(=O)(=O)O.[Na+]. The first kappa shape index (κ1) is 30.8. The Hall–Kier alpha value is -2.70. The smallest absolute Gasteiger partial charge is 0.870 e. The number of nitrogens with zero attached hydrogens (tertiary/aromatic N) is 2. The van der Waals surface area contributed by atoms with Crippen molar-refractivity contribution in [1.29, 1.82) is 0 Å². The molecule has 0 radical (unpaired) electrons. The minimum Gasteiger partial charge on any atom is -0.870 e. The van der Waals surface area contributed by atoms with Crippen LogP contribution in [0.1, 0.15) is 22.8 Å². The molecule has 13 heteroatoms. The van der Waals surface area contributed by atoms with Gasteiger partial charge in [-0.1, -0.05) is 60.1 Å². The molecule has 0 bridgehead atoms. The van der Waals surface area contributed by atoms with Crippen molar-refractivity contribution in [2.75, 3.05) is 12.4 Å². The van der Waals surface area contributed by atoms with Gasteiger partial charge >= 0.3 is 29.6 Å². The molecule has 9 nitrogen and oxygen atoms in total. The summed E-state index contributed by atoms with van der Waals surface area (Å²) in [5, 5.41) is 25.5. The van der Waals surface area contributed by atoms with Gasteiger partial charge in [0.2, 0.25) is 0 Å². The topological polar surface area (TPSA) is 140 Å². The number of fused-ring (bicyclic) bond motifs is 1. The Balaban J connectivity index is 0.00000420. The molecule has 196 valence electrons. The fraction of sp³-hybridized carbons (Fsp3) is 0.115. The van der Waals surface area contributed by atoms with Crippen molar-refractivity contribution in [3.05, 3.63) is 81.8 Å². The van der Waals surface area contributed by atoms with E-state index < -0.39 is 26.7 Å². The third-order valence-electron chi connectivity index (χ3n) is 5.62. The summed E-state index contributed by atoms with van der Waals surface area (Å²) in [7, 11) is -3.14. The van der Waals surface area contributed by atoms with Crippen molar-refractivity contribution in [1.82, 2.24) is 0 Å². The number of amides is 1. The van der Waals surface area contributed by atoms with E-state index in [0.717, 1.165) is 6.07 Å². The minimum absolute atomic E-state index is 0. The summed E-state index contributed by atoms with van der Waals surface area (Å²) in [5.74, 6) is -0.990. The summed E-state index contributed by atoms with van der Waals surface area (Å²) in [6, 6.07) is 15.3. The zero-order valence-corrected chi connectivity index (χ0v) is 25.4. The predicted molar refractivity (Wildman–Crippen MR) is 144 cm³/mol. The van der Waals surface area contributed by atoms with Gasteiger partial charge in [-0.2, -0.15) is 18.6 Å². The number of ether oxygens (including phenoxy) is 1. The number of anilines is 1. The first-order valence-electron chi connectivity index (χ1n) is 11.1. The largest absolute Gasteiger partial charge is 1.00 e. The number of carbonyl (C=O) groups is 1. The fourth-order valence-electron chi connectivity index (χ4n) is 3.87. The molecule has 0 unspecified atom stereocenters. The van der Waals surface area contributed by atoms with Gasteiger partial charge in [0, 0.05) is 32.7 Å². The molecular weight excluding hydrogens is 576 g/mol. The van der Waals surface area contributed by atoms with Gasteiger partial charge in [0.25, 0.3) is 16.0 Å². The number of azo groups is 1. The van der Waals surface area contributed by atoms with Crippen LogP contribution >= 0.6 is 23.2 Å². The first-order valence-corrected chi connectivity index (χ1v) is 13.3. The molecule has 0 atom stereocenters. The number of benzene rings is 4. The van der Waals surface area contributed by atoms with Gasteiger partial charge in [0.1, 0.15) is 10.6 Å². The van der Waals surface area contributed by atoms with Crippen molar-refractivity contribution >= 4 is 67.1 Å². The molecule has 0 heterocycles. The normalized spacial score (nSPS) is 11.4. The Morgan fingerprint density at radius 3 is 2.46 bits per heavy atom. The number of hydrogen-bond acceptors (Lipinski definition) is 7. The number of halogens is 2. The van der Waals surface area contributed by atoms with Gasteiger partial charge in [-0.25, -0.2) is 0 Å². The zero-order valence-electron chi connectivity index (χ0n) is 21.0. The standard InChI is InChI=1S/C26H21Cl2N3O6S.Na/c1-3-19-22(28)12-17(13-23(19)38(34,35)36)30-31-24-20-7-5-4-6-14(20)8-21(25(24)32)26(33)29-16-9-15(27)10-18(11-16)37-2;/h4-13,32H,3H2,1-2H3,(H,29,33)(H,34,35,36);/q;+1/p-1. The number of carbonyl (C=O) groups excluding carboxylic acids is 1. The Labute approximate surface area is 256 Å². The van der Waals surface area contributed by atoms with Gasteiger partial charge in [0.05, 0.1) is 18.5 Å².